The molecule has 4 nitrogen and oxygen atoms in total. The number of rotatable bonds is 3. The Balaban J connectivity index is 2.98. The zero-order valence-electron chi connectivity index (χ0n) is 7.74. The molecule has 13 heavy (non-hydrogen) atoms. The van der Waals surface area contributed by atoms with E-state index in [4.69, 9.17) is 10.6 Å². The number of hydrogen-bond donors (Lipinski definition) is 3. The molecule has 0 radical (unpaired) electrons. The van der Waals surface area contributed by atoms with Crippen molar-refractivity contribution in [1.82, 2.24) is 5.43 Å². The number of hydrogen-bond acceptors (Lipinski definition) is 4. The van der Waals surface area contributed by atoms with E-state index < -0.39 is 0 Å². The SMILES string of the molecule is COc1ccc(C(C)NN)c(O)c1. The summed E-state index contributed by atoms with van der Waals surface area (Å²) >= 11 is 0. The van der Waals surface area contributed by atoms with Crippen LogP contribution in [0.25, 0.3) is 0 Å². The van der Waals surface area contributed by atoms with E-state index in [0.29, 0.717) is 5.75 Å². The predicted octanol–water partition coefficient (Wildman–Crippen LogP) is 0.925. The van der Waals surface area contributed by atoms with Crippen molar-refractivity contribution in [2.75, 3.05) is 7.11 Å². The maximum atomic E-state index is 9.55. The summed E-state index contributed by atoms with van der Waals surface area (Å²) in [6.07, 6.45) is 0. The molecule has 4 heteroatoms. The number of hydrazine groups is 1. The molecule has 0 bridgehead atoms. The van der Waals surface area contributed by atoms with Crippen molar-refractivity contribution < 1.29 is 9.84 Å². The monoisotopic (exact) mass is 182 g/mol. The zero-order valence-corrected chi connectivity index (χ0v) is 7.74. The first-order valence-electron chi connectivity index (χ1n) is 4.02. The number of benzene rings is 1. The Morgan fingerprint density at radius 1 is 1.54 bits per heavy atom. The number of phenolic OH excluding ortho intramolecular Hbond substituents is 1. The second-order valence-electron chi connectivity index (χ2n) is 2.81. The van der Waals surface area contributed by atoms with Crippen LogP contribution in [-0.2, 0) is 0 Å². The summed E-state index contributed by atoms with van der Waals surface area (Å²) in [5.41, 5.74) is 3.31. The van der Waals surface area contributed by atoms with Crippen molar-refractivity contribution in [3.63, 3.8) is 0 Å². The van der Waals surface area contributed by atoms with Gasteiger partial charge in [-0.1, -0.05) is 6.07 Å². The lowest BCUT2D eigenvalue weighted by Crippen LogP contribution is -2.25. The first kappa shape index (κ1) is 9.83. The van der Waals surface area contributed by atoms with E-state index in [0.717, 1.165) is 5.56 Å². The first-order valence-corrected chi connectivity index (χ1v) is 4.02. The Morgan fingerprint density at radius 3 is 2.69 bits per heavy atom. The molecular formula is C9H14N2O2. The van der Waals surface area contributed by atoms with Gasteiger partial charge in [0, 0.05) is 17.7 Å². The van der Waals surface area contributed by atoms with Gasteiger partial charge in [0.2, 0.25) is 0 Å². The summed E-state index contributed by atoms with van der Waals surface area (Å²) in [7, 11) is 1.55. The highest BCUT2D eigenvalue weighted by Gasteiger charge is 2.08. The van der Waals surface area contributed by atoms with Crippen molar-refractivity contribution in [3.8, 4) is 11.5 Å². The minimum atomic E-state index is -0.0779. The molecule has 72 valence electrons. The van der Waals surface area contributed by atoms with Crippen LogP contribution in [0.2, 0.25) is 0 Å². The highest BCUT2D eigenvalue weighted by Crippen LogP contribution is 2.27. The fourth-order valence-corrected chi connectivity index (χ4v) is 1.11. The lowest BCUT2D eigenvalue weighted by molar-refractivity contribution is 0.404. The topological polar surface area (TPSA) is 67.5 Å². The quantitative estimate of drug-likeness (QED) is 0.480. The number of methoxy groups -OCH3 is 1. The molecular weight excluding hydrogens is 168 g/mol. The van der Waals surface area contributed by atoms with Crippen LogP contribution in [0.4, 0.5) is 0 Å². The Labute approximate surface area is 77.3 Å². The van der Waals surface area contributed by atoms with E-state index >= 15 is 0 Å². The zero-order chi connectivity index (χ0) is 9.84. The number of nitrogens with two attached hydrogens (primary N) is 1. The number of ether oxygens (including phenoxy) is 1. The fourth-order valence-electron chi connectivity index (χ4n) is 1.11. The summed E-state index contributed by atoms with van der Waals surface area (Å²) in [6.45, 7) is 1.86. The molecule has 1 aromatic rings. The van der Waals surface area contributed by atoms with Crippen molar-refractivity contribution in [1.29, 1.82) is 0 Å². The lowest BCUT2D eigenvalue weighted by Gasteiger charge is -2.12. The maximum Gasteiger partial charge on any atom is 0.124 e. The molecule has 0 saturated carbocycles. The van der Waals surface area contributed by atoms with E-state index in [1.165, 1.54) is 0 Å². The fraction of sp³-hybridized carbons (Fsp3) is 0.333. The minimum Gasteiger partial charge on any atom is -0.507 e. The molecule has 0 spiro atoms. The molecule has 0 fully saturated rings. The highest BCUT2D eigenvalue weighted by atomic mass is 16.5. The van der Waals surface area contributed by atoms with Crippen molar-refractivity contribution in [2.24, 2.45) is 5.84 Å². The van der Waals surface area contributed by atoms with Gasteiger partial charge in [0.15, 0.2) is 0 Å². The Hall–Kier alpha value is -1.26. The molecule has 0 aliphatic heterocycles. The van der Waals surface area contributed by atoms with Gasteiger partial charge in [-0.2, -0.15) is 0 Å². The second kappa shape index (κ2) is 4.11. The molecule has 0 saturated heterocycles. The van der Waals surface area contributed by atoms with Gasteiger partial charge in [0.25, 0.3) is 0 Å². The summed E-state index contributed by atoms with van der Waals surface area (Å²) < 4.78 is 4.95. The van der Waals surface area contributed by atoms with Gasteiger partial charge in [-0.05, 0) is 13.0 Å². The van der Waals surface area contributed by atoms with E-state index in [1.807, 2.05) is 6.92 Å². The third-order valence-electron chi connectivity index (χ3n) is 1.95. The number of phenols is 1. The van der Waals surface area contributed by atoms with Crippen LogP contribution in [-0.4, -0.2) is 12.2 Å². The summed E-state index contributed by atoms with van der Waals surface area (Å²) in [6, 6.07) is 5.04. The van der Waals surface area contributed by atoms with E-state index in [9.17, 15) is 5.11 Å². The summed E-state index contributed by atoms with van der Waals surface area (Å²) in [4.78, 5) is 0. The lowest BCUT2D eigenvalue weighted by atomic mass is 10.1. The molecule has 1 unspecified atom stereocenters. The van der Waals surface area contributed by atoms with Crippen molar-refractivity contribution in [3.05, 3.63) is 23.8 Å². The van der Waals surface area contributed by atoms with Crippen molar-refractivity contribution in [2.45, 2.75) is 13.0 Å². The molecule has 4 N–H and O–H groups in total. The van der Waals surface area contributed by atoms with Crippen molar-refractivity contribution >= 4 is 0 Å². The largest absolute Gasteiger partial charge is 0.507 e. The Bertz CT molecular complexity index is 289. The molecule has 1 atom stereocenters. The highest BCUT2D eigenvalue weighted by molar-refractivity contribution is 5.41. The van der Waals surface area contributed by atoms with Crippen LogP contribution in [0.1, 0.15) is 18.5 Å². The van der Waals surface area contributed by atoms with Crippen LogP contribution in [0.15, 0.2) is 18.2 Å². The van der Waals surface area contributed by atoms with Gasteiger partial charge in [-0.15, -0.1) is 0 Å². The third-order valence-corrected chi connectivity index (χ3v) is 1.95. The third kappa shape index (κ3) is 2.11. The molecule has 0 amide bonds. The molecule has 0 aliphatic rings. The number of nitrogens with one attached hydrogen (secondary N) is 1. The smallest absolute Gasteiger partial charge is 0.124 e. The standard InChI is InChI=1S/C9H14N2O2/c1-6(11-10)8-4-3-7(13-2)5-9(8)12/h3-6,11-12H,10H2,1-2H3. The van der Waals surface area contributed by atoms with Crippen LogP contribution in [0, 0.1) is 0 Å². The summed E-state index contributed by atoms with van der Waals surface area (Å²) in [5, 5.41) is 9.55. The normalized spacial score (nSPS) is 12.5. The minimum absolute atomic E-state index is 0.0779. The molecule has 0 aliphatic carbocycles. The maximum absolute atomic E-state index is 9.55. The molecule has 0 aromatic heterocycles. The van der Waals surface area contributed by atoms with Gasteiger partial charge in [-0.25, -0.2) is 0 Å². The van der Waals surface area contributed by atoms with Crippen LogP contribution >= 0.6 is 0 Å². The van der Waals surface area contributed by atoms with E-state index in [1.54, 1.807) is 25.3 Å². The average Bonchev–Trinajstić information content (AvgIpc) is 2.16. The number of aromatic hydroxyl groups is 1. The second-order valence-corrected chi connectivity index (χ2v) is 2.81. The van der Waals surface area contributed by atoms with Gasteiger partial charge in [0.05, 0.1) is 7.11 Å². The summed E-state index contributed by atoms with van der Waals surface area (Å²) in [5.74, 6) is 6.07. The van der Waals surface area contributed by atoms with E-state index in [-0.39, 0.29) is 11.8 Å². The molecule has 0 heterocycles. The Morgan fingerprint density at radius 2 is 2.23 bits per heavy atom. The molecule has 1 aromatic carbocycles. The van der Waals surface area contributed by atoms with Gasteiger partial charge in [-0.3, -0.25) is 11.3 Å². The molecule has 1 rings (SSSR count). The Kier molecular flexibility index (Phi) is 3.11. The van der Waals surface area contributed by atoms with Gasteiger partial charge >= 0.3 is 0 Å². The van der Waals surface area contributed by atoms with Crippen LogP contribution in [0.3, 0.4) is 0 Å². The van der Waals surface area contributed by atoms with Crippen LogP contribution in [0.5, 0.6) is 11.5 Å². The van der Waals surface area contributed by atoms with Gasteiger partial charge in [0.1, 0.15) is 11.5 Å². The predicted molar refractivity (Wildman–Crippen MR) is 50.4 cm³/mol. The van der Waals surface area contributed by atoms with Crippen LogP contribution < -0.4 is 16.0 Å². The van der Waals surface area contributed by atoms with Gasteiger partial charge < -0.3 is 9.84 Å². The first-order chi connectivity index (χ1) is 6.19. The average molecular weight is 182 g/mol. The van der Waals surface area contributed by atoms with E-state index in [2.05, 4.69) is 5.43 Å².